The Morgan fingerprint density at radius 3 is 2.30 bits per heavy atom. The van der Waals surface area contributed by atoms with Gasteiger partial charge in [0.1, 0.15) is 0 Å². The Morgan fingerprint density at radius 1 is 1.00 bits per heavy atom. The molecule has 3 rings (SSSR count). The molecule has 1 saturated heterocycles. The van der Waals surface area contributed by atoms with E-state index in [4.69, 9.17) is 11.6 Å². The van der Waals surface area contributed by atoms with Crippen LogP contribution in [0.25, 0.3) is 0 Å². The third-order valence-electron chi connectivity index (χ3n) is 3.24. The van der Waals surface area contributed by atoms with Crippen molar-refractivity contribution in [3.63, 3.8) is 0 Å². The predicted molar refractivity (Wildman–Crippen MR) is 75.7 cm³/mol. The van der Waals surface area contributed by atoms with Crippen LogP contribution in [0.3, 0.4) is 0 Å². The largest absolute Gasteiger partial charge is 0.368 e. The smallest absolute Gasteiger partial charge is 0.225 e. The summed E-state index contributed by atoms with van der Waals surface area (Å²) in [6.07, 6.45) is 4.67. The number of anilines is 2. The molecule has 0 aromatic carbocycles. The van der Waals surface area contributed by atoms with Crippen LogP contribution in [0.2, 0.25) is 5.02 Å². The molecule has 0 radical (unpaired) electrons. The highest BCUT2D eigenvalue weighted by atomic mass is 35.5. The fraction of sp³-hybridized carbons (Fsp3) is 0.308. The molecule has 0 unspecified atom stereocenters. The third kappa shape index (κ3) is 2.80. The van der Waals surface area contributed by atoms with Crippen molar-refractivity contribution in [1.82, 2.24) is 15.0 Å². The van der Waals surface area contributed by atoms with Crippen molar-refractivity contribution in [2.45, 2.75) is 0 Å². The number of pyridine rings is 1. The average Bonchev–Trinajstić information content (AvgIpc) is 2.48. The van der Waals surface area contributed by atoms with Crippen LogP contribution < -0.4 is 9.80 Å². The van der Waals surface area contributed by atoms with Crippen LogP contribution in [-0.2, 0) is 0 Å². The molecule has 3 heterocycles. The van der Waals surface area contributed by atoms with Crippen LogP contribution in [0, 0.1) is 5.95 Å². The number of piperazine rings is 1. The zero-order valence-corrected chi connectivity index (χ0v) is 11.5. The average molecular weight is 294 g/mol. The van der Waals surface area contributed by atoms with Gasteiger partial charge in [0.15, 0.2) is 0 Å². The quantitative estimate of drug-likeness (QED) is 0.793. The molecule has 0 amide bonds. The lowest BCUT2D eigenvalue weighted by Crippen LogP contribution is -2.47. The molecular formula is C13H13ClFN5. The molecule has 0 saturated carbocycles. The summed E-state index contributed by atoms with van der Waals surface area (Å²) < 4.78 is 13.1. The highest BCUT2D eigenvalue weighted by molar-refractivity contribution is 6.30. The number of hydrogen-bond donors (Lipinski definition) is 0. The second kappa shape index (κ2) is 5.58. The highest BCUT2D eigenvalue weighted by Crippen LogP contribution is 2.18. The van der Waals surface area contributed by atoms with E-state index in [2.05, 4.69) is 24.8 Å². The summed E-state index contributed by atoms with van der Waals surface area (Å²) in [6, 6.07) is 3.27. The Kier molecular flexibility index (Phi) is 3.64. The maximum Gasteiger partial charge on any atom is 0.225 e. The summed E-state index contributed by atoms with van der Waals surface area (Å²) in [4.78, 5) is 16.2. The first-order chi connectivity index (χ1) is 9.72. The molecule has 20 heavy (non-hydrogen) atoms. The predicted octanol–water partition coefficient (Wildman–Crippen LogP) is 1.99. The fourth-order valence-electron chi connectivity index (χ4n) is 2.22. The maximum absolute atomic E-state index is 13.1. The van der Waals surface area contributed by atoms with Gasteiger partial charge < -0.3 is 9.80 Å². The highest BCUT2D eigenvalue weighted by Gasteiger charge is 2.19. The van der Waals surface area contributed by atoms with Gasteiger partial charge in [0.2, 0.25) is 11.9 Å². The van der Waals surface area contributed by atoms with Gasteiger partial charge in [0, 0.05) is 44.1 Å². The molecule has 0 aliphatic carbocycles. The first kappa shape index (κ1) is 13.1. The minimum absolute atomic E-state index is 0.453. The van der Waals surface area contributed by atoms with Gasteiger partial charge in [-0.2, -0.15) is 4.39 Å². The number of nitrogens with zero attached hydrogens (tertiary/aromatic N) is 5. The molecule has 1 aliphatic heterocycles. The van der Waals surface area contributed by atoms with E-state index < -0.39 is 5.95 Å². The van der Waals surface area contributed by atoms with Gasteiger partial charge in [-0.1, -0.05) is 11.6 Å². The Balaban J connectivity index is 1.66. The topological polar surface area (TPSA) is 45.2 Å². The van der Waals surface area contributed by atoms with Crippen molar-refractivity contribution in [2.75, 3.05) is 36.0 Å². The van der Waals surface area contributed by atoms with Gasteiger partial charge >= 0.3 is 0 Å². The van der Waals surface area contributed by atoms with Gasteiger partial charge in [0.05, 0.1) is 17.4 Å². The Labute approximate surface area is 121 Å². The van der Waals surface area contributed by atoms with Crippen LogP contribution in [0.5, 0.6) is 0 Å². The minimum Gasteiger partial charge on any atom is -0.368 e. The van der Waals surface area contributed by atoms with E-state index in [0.29, 0.717) is 11.0 Å². The summed E-state index contributed by atoms with van der Waals surface area (Å²) in [5.41, 5.74) is 0.856. The zero-order chi connectivity index (χ0) is 13.9. The van der Waals surface area contributed by atoms with Crippen molar-refractivity contribution in [2.24, 2.45) is 0 Å². The van der Waals surface area contributed by atoms with E-state index in [9.17, 15) is 4.39 Å². The van der Waals surface area contributed by atoms with Crippen LogP contribution >= 0.6 is 11.6 Å². The van der Waals surface area contributed by atoms with Gasteiger partial charge in [-0.05, 0) is 6.07 Å². The molecule has 1 fully saturated rings. The van der Waals surface area contributed by atoms with Crippen LogP contribution in [0.4, 0.5) is 16.0 Å². The monoisotopic (exact) mass is 293 g/mol. The maximum atomic E-state index is 13.1. The number of halogens is 2. The second-order valence-corrected chi connectivity index (χ2v) is 4.95. The fourth-order valence-corrected chi connectivity index (χ4v) is 2.32. The molecule has 0 atom stereocenters. The van der Waals surface area contributed by atoms with Gasteiger partial charge in [-0.3, -0.25) is 0 Å². The van der Waals surface area contributed by atoms with E-state index in [1.165, 1.54) is 12.3 Å². The SMILES string of the molecule is Fc1cc(N2CCN(c3ncc(Cl)cn3)CC2)ccn1. The summed E-state index contributed by atoms with van der Waals surface area (Å²) in [5, 5.41) is 0.527. The lowest BCUT2D eigenvalue weighted by Gasteiger charge is -2.35. The molecule has 5 nitrogen and oxygen atoms in total. The first-order valence-electron chi connectivity index (χ1n) is 6.31. The summed E-state index contributed by atoms with van der Waals surface area (Å²) in [6.45, 7) is 3.14. The Hall–Kier alpha value is -1.95. The van der Waals surface area contributed by atoms with Gasteiger partial charge in [-0.15, -0.1) is 0 Å². The van der Waals surface area contributed by atoms with E-state index in [1.54, 1.807) is 12.4 Å². The van der Waals surface area contributed by atoms with E-state index in [-0.39, 0.29) is 0 Å². The Morgan fingerprint density at radius 2 is 1.65 bits per heavy atom. The van der Waals surface area contributed by atoms with E-state index in [0.717, 1.165) is 31.9 Å². The molecule has 1 aliphatic rings. The van der Waals surface area contributed by atoms with E-state index >= 15 is 0 Å². The van der Waals surface area contributed by atoms with Crippen molar-refractivity contribution in [3.05, 3.63) is 41.7 Å². The normalized spacial score (nSPS) is 15.5. The number of aromatic nitrogens is 3. The number of hydrogen-bond acceptors (Lipinski definition) is 5. The molecule has 2 aromatic heterocycles. The van der Waals surface area contributed by atoms with Gasteiger partial charge in [-0.25, -0.2) is 15.0 Å². The molecule has 0 N–H and O–H groups in total. The molecule has 0 spiro atoms. The van der Waals surface area contributed by atoms with Crippen LogP contribution in [0.15, 0.2) is 30.7 Å². The standard InChI is InChI=1S/C13H13ClFN5/c14-10-8-17-13(18-9-10)20-5-3-19(4-6-20)11-1-2-16-12(15)7-11/h1-2,7-9H,3-6H2. The van der Waals surface area contributed by atoms with E-state index in [1.807, 2.05) is 6.07 Å². The zero-order valence-electron chi connectivity index (χ0n) is 10.7. The molecule has 0 bridgehead atoms. The lowest BCUT2D eigenvalue weighted by atomic mass is 10.2. The minimum atomic E-state index is -0.453. The van der Waals surface area contributed by atoms with Crippen molar-refractivity contribution >= 4 is 23.2 Å². The van der Waals surface area contributed by atoms with Crippen LogP contribution in [0.1, 0.15) is 0 Å². The first-order valence-corrected chi connectivity index (χ1v) is 6.69. The number of rotatable bonds is 2. The molecule has 2 aromatic rings. The second-order valence-electron chi connectivity index (χ2n) is 4.51. The van der Waals surface area contributed by atoms with Crippen molar-refractivity contribution < 1.29 is 4.39 Å². The van der Waals surface area contributed by atoms with Crippen LogP contribution in [-0.4, -0.2) is 41.1 Å². The van der Waals surface area contributed by atoms with Crippen molar-refractivity contribution in [1.29, 1.82) is 0 Å². The Bertz CT molecular complexity index is 584. The van der Waals surface area contributed by atoms with Gasteiger partial charge in [0.25, 0.3) is 0 Å². The lowest BCUT2D eigenvalue weighted by molar-refractivity contribution is 0.580. The summed E-state index contributed by atoms with van der Waals surface area (Å²) >= 11 is 5.78. The van der Waals surface area contributed by atoms with Crippen molar-refractivity contribution in [3.8, 4) is 0 Å². The summed E-state index contributed by atoms with van der Waals surface area (Å²) in [7, 11) is 0. The molecule has 7 heteroatoms. The molecular weight excluding hydrogens is 281 g/mol. The summed E-state index contributed by atoms with van der Waals surface area (Å²) in [5.74, 6) is 0.223. The third-order valence-corrected chi connectivity index (χ3v) is 3.44. The molecule has 104 valence electrons.